The van der Waals surface area contributed by atoms with E-state index in [4.69, 9.17) is 10.7 Å². The summed E-state index contributed by atoms with van der Waals surface area (Å²) in [6.45, 7) is 1.13. The molecule has 40 heavy (non-hydrogen) atoms. The van der Waals surface area contributed by atoms with E-state index in [1.54, 1.807) is 18.2 Å². The van der Waals surface area contributed by atoms with Gasteiger partial charge >= 0.3 is 0 Å². The Labute approximate surface area is 236 Å². The number of nitrogens with zero attached hydrogens (tertiary/aromatic N) is 3. The lowest BCUT2D eigenvalue weighted by molar-refractivity contribution is -0.131. The van der Waals surface area contributed by atoms with Gasteiger partial charge in [-0.15, -0.1) is 0 Å². The summed E-state index contributed by atoms with van der Waals surface area (Å²) in [5, 5.41) is 9.57. The normalized spacial score (nSPS) is 14.7. The number of aryl methyl sites for hydroxylation is 2. The number of hydrogen-bond acceptors (Lipinski definition) is 5. The largest absolute Gasteiger partial charge is 0.340 e. The molecule has 3 aromatic rings. The van der Waals surface area contributed by atoms with Gasteiger partial charge in [-0.3, -0.25) is 14.6 Å². The van der Waals surface area contributed by atoms with Crippen molar-refractivity contribution in [3.05, 3.63) is 88.9 Å². The molecule has 2 heterocycles. The molecule has 6 nitrogen and oxygen atoms in total. The lowest BCUT2D eigenvalue weighted by atomic mass is 9.96. The van der Waals surface area contributed by atoms with Crippen molar-refractivity contribution in [2.24, 2.45) is 5.73 Å². The molecular weight excluding hydrogens is 503 g/mol. The standard InChI is InChI=1S/C33H37FN4O2/c34-26-11-5-9-24(22-26)8-1-4-15-30-29(17-18-31(37-30)28-14-3-2-10-25(28)23-36)32(39)16-6-12-27-13-7-21-38(27)33(40)19-20-35/h2-3,5,9-11,14,17-18,22,27H,1,4,6-8,12-13,15-16,19-21,35H2/t27-/m1/s1. The summed E-state index contributed by atoms with van der Waals surface area (Å²) in [5.74, 6) is -0.0831. The van der Waals surface area contributed by atoms with Gasteiger partial charge in [0.15, 0.2) is 5.78 Å². The van der Waals surface area contributed by atoms with E-state index in [1.165, 1.54) is 6.07 Å². The van der Waals surface area contributed by atoms with Gasteiger partial charge in [0.1, 0.15) is 5.82 Å². The van der Waals surface area contributed by atoms with Gasteiger partial charge in [0.2, 0.25) is 5.91 Å². The van der Waals surface area contributed by atoms with Gasteiger partial charge in [-0.05, 0) is 87.3 Å². The second-order valence-corrected chi connectivity index (χ2v) is 10.4. The molecule has 0 saturated carbocycles. The molecule has 0 radical (unpaired) electrons. The molecule has 208 valence electrons. The van der Waals surface area contributed by atoms with Crippen LogP contribution in [0.1, 0.15) is 78.5 Å². The summed E-state index contributed by atoms with van der Waals surface area (Å²) in [6.07, 6.45) is 7.22. The number of nitriles is 1. The first-order valence-electron chi connectivity index (χ1n) is 14.3. The molecule has 0 bridgehead atoms. The third-order valence-electron chi connectivity index (χ3n) is 7.61. The lowest BCUT2D eigenvalue weighted by Gasteiger charge is -2.24. The molecule has 7 heteroatoms. The van der Waals surface area contributed by atoms with E-state index < -0.39 is 0 Å². The Hall–Kier alpha value is -3.89. The average molecular weight is 541 g/mol. The summed E-state index contributed by atoms with van der Waals surface area (Å²) in [7, 11) is 0. The molecule has 2 aromatic carbocycles. The molecule has 1 fully saturated rings. The number of benzene rings is 2. The van der Waals surface area contributed by atoms with Crippen molar-refractivity contribution in [1.29, 1.82) is 5.26 Å². The first kappa shape index (κ1) is 29.1. The fraction of sp³-hybridized carbons (Fsp3) is 0.394. The van der Waals surface area contributed by atoms with Gasteiger partial charge in [-0.1, -0.05) is 30.3 Å². The molecule has 1 aromatic heterocycles. The number of amides is 1. The minimum absolute atomic E-state index is 0.0468. The van der Waals surface area contributed by atoms with Crippen LogP contribution in [-0.2, 0) is 17.6 Å². The van der Waals surface area contributed by atoms with Crippen molar-refractivity contribution in [3.63, 3.8) is 0 Å². The average Bonchev–Trinajstić information content (AvgIpc) is 3.44. The Bertz CT molecular complexity index is 1370. The lowest BCUT2D eigenvalue weighted by Crippen LogP contribution is -2.36. The predicted octanol–water partition coefficient (Wildman–Crippen LogP) is 6.02. The summed E-state index contributed by atoms with van der Waals surface area (Å²) >= 11 is 0. The van der Waals surface area contributed by atoms with Crippen molar-refractivity contribution in [2.75, 3.05) is 13.1 Å². The van der Waals surface area contributed by atoms with Gasteiger partial charge in [0, 0.05) is 43.1 Å². The van der Waals surface area contributed by atoms with Gasteiger partial charge in [0.05, 0.1) is 23.0 Å². The van der Waals surface area contributed by atoms with Crippen LogP contribution in [0.15, 0.2) is 60.7 Å². The van der Waals surface area contributed by atoms with E-state index in [-0.39, 0.29) is 23.5 Å². The zero-order valence-corrected chi connectivity index (χ0v) is 22.9. The molecule has 1 saturated heterocycles. The highest BCUT2D eigenvalue weighted by atomic mass is 19.1. The molecule has 1 atom stereocenters. The SMILES string of the molecule is N#Cc1ccccc1-c1ccc(C(=O)CCC[C@@H]2CCCN2C(=O)CCN)c(CCCCc2cccc(F)c2)n1. The van der Waals surface area contributed by atoms with Gasteiger partial charge in [0.25, 0.3) is 0 Å². The molecule has 4 rings (SSSR count). The molecule has 1 aliphatic heterocycles. The Morgan fingerprint density at radius 3 is 2.65 bits per heavy atom. The van der Waals surface area contributed by atoms with Crippen LogP contribution in [0.3, 0.4) is 0 Å². The Kier molecular flexibility index (Phi) is 10.5. The second kappa shape index (κ2) is 14.5. The molecule has 0 unspecified atom stereocenters. The van der Waals surface area contributed by atoms with Crippen LogP contribution < -0.4 is 5.73 Å². The predicted molar refractivity (Wildman–Crippen MR) is 154 cm³/mol. The molecule has 0 aliphatic carbocycles. The number of Topliss-reactive ketones (excluding diaryl/α,β-unsaturated/α-hetero) is 1. The summed E-state index contributed by atoms with van der Waals surface area (Å²) in [4.78, 5) is 32.6. The number of carbonyl (C=O) groups is 2. The number of aromatic nitrogens is 1. The number of rotatable bonds is 13. The second-order valence-electron chi connectivity index (χ2n) is 10.4. The fourth-order valence-corrected chi connectivity index (χ4v) is 5.58. The molecule has 0 spiro atoms. The van der Waals surface area contributed by atoms with E-state index in [1.807, 2.05) is 41.3 Å². The smallest absolute Gasteiger partial charge is 0.224 e. The monoisotopic (exact) mass is 540 g/mol. The summed E-state index contributed by atoms with van der Waals surface area (Å²) in [5.41, 5.74) is 9.83. The van der Waals surface area contributed by atoms with Crippen LogP contribution in [0.4, 0.5) is 4.39 Å². The zero-order valence-electron chi connectivity index (χ0n) is 22.9. The maximum atomic E-state index is 13.6. The van der Waals surface area contributed by atoms with Gasteiger partial charge in [-0.25, -0.2) is 4.39 Å². The number of unbranched alkanes of at least 4 members (excludes halogenated alkanes) is 1. The number of likely N-dealkylation sites (tertiary alicyclic amines) is 1. The van der Waals surface area contributed by atoms with Crippen molar-refractivity contribution in [2.45, 2.75) is 70.3 Å². The van der Waals surface area contributed by atoms with Crippen LogP contribution in [0, 0.1) is 17.1 Å². The first-order valence-corrected chi connectivity index (χ1v) is 14.3. The van der Waals surface area contributed by atoms with Crippen molar-refractivity contribution < 1.29 is 14.0 Å². The Balaban J connectivity index is 1.45. The van der Waals surface area contributed by atoms with E-state index in [0.29, 0.717) is 49.0 Å². The number of hydrogen-bond donors (Lipinski definition) is 1. The van der Waals surface area contributed by atoms with E-state index >= 15 is 0 Å². The maximum Gasteiger partial charge on any atom is 0.224 e. The third-order valence-corrected chi connectivity index (χ3v) is 7.61. The highest BCUT2D eigenvalue weighted by Crippen LogP contribution is 2.26. The van der Waals surface area contributed by atoms with E-state index in [2.05, 4.69) is 6.07 Å². The quantitative estimate of drug-likeness (QED) is 0.211. The van der Waals surface area contributed by atoms with Crippen LogP contribution in [0.25, 0.3) is 11.3 Å². The van der Waals surface area contributed by atoms with Crippen LogP contribution in [0.2, 0.25) is 0 Å². The first-order chi connectivity index (χ1) is 19.5. The molecule has 2 N–H and O–H groups in total. The summed E-state index contributed by atoms with van der Waals surface area (Å²) < 4.78 is 13.6. The van der Waals surface area contributed by atoms with Gasteiger partial charge in [-0.2, -0.15) is 5.26 Å². The maximum absolute atomic E-state index is 13.6. The fourth-order valence-electron chi connectivity index (χ4n) is 5.58. The molecule has 1 aliphatic rings. The Morgan fingerprint density at radius 2 is 1.85 bits per heavy atom. The summed E-state index contributed by atoms with van der Waals surface area (Å²) in [6, 6.07) is 20.0. The van der Waals surface area contributed by atoms with Crippen LogP contribution in [-0.4, -0.2) is 40.7 Å². The minimum Gasteiger partial charge on any atom is -0.340 e. The highest BCUT2D eigenvalue weighted by molar-refractivity contribution is 5.97. The van der Waals surface area contributed by atoms with Gasteiger partial charge < -0.3 is 10.6 Å². The van der Waals surface area contributed by atoms with Crippen molar-refractivity contribution in [3.8, 4) is 17.3 Å². The number of nitrogens with two attached hydrogens (primary N) is 1. The van der Waals surface area contributed by atoms with Crippen LogP contribution >= 0.6 is 0 Å². The number of carbonyl (C=O) groups excluding carboxylic acids is 2. The zero-order chi connectivity index (χ0) is 28.3. The number of ketones is 1. The van der Waals surface area contributed by atoms with Crippen molar-refractivity contribution >= 4 is 11.7 Å². The van der Waals surface area contributed by atoms with E-state index in [9.17, 15) is 19.2 Å². The topological polar surface area (TPSA) is 100 Å². The minimum atomic E-state index is -0.236. The van der Waals surface area contributed by atoms with Crippen LogP contribution in [0.5, 0.6) is 0 Å². The molecule has 1 amide bonds. The van der Waals surface area contributed by atoms with Crippen molar-refractivity contribution in [1.82, 2.24) is 9.88 Å². The third kappa shape index (κ3) is 7.61. The number of pyridine rings is 1. The molecular formula is C33H37FN4O2. The number of halogens is 1. The van der Waals surface area contributed by atoms with E-state index in [0.717, 1.165) is 61.9 Å². The highest BCUT2D eigenvalue weighted by Gasteiger charge is 2.28. The Morgan fingerprint density at radius 1 is 1.02 bits per heavy atom.